The third-order valence-electron chi connectivity index (χ3n) is 5.14. The van der Waals surface area contributed by atoms with Crippen LogP contribution in [0.15, 0.2) is 24.3 Å². The first kappa shape index (κ1) is 22.2. The van der Waals surface area contributed by atoms with Gasteiger partial charge in [-0.25, -0.2) is 0 Å². The molecule has 8 nitrogen and oxygen atoms in total. The van der Waals surface area contributed by atoms with Crippen LogP contribution in [-0.2, 0) is 14.3 Å². The summed E-state index contributed by atoms with van der Waals surface area (Å²) in [4.78, 5) is 41.1. The Morgan fingerprint density at radius 2 is 1.87 bits per heavy atom. The summed E-state index contributed by atoms with van der Waals surface area (Å²) >= 11 is 0. The third-order valence-corrected chi connectivity index (χ3v) is 5.14. The minimum absolute atomic E-state index is 0.00281. The van der Waals surface area contributed by atoms with Gasteiger partial charge in [0.1, 0.15) is 6.10 Å². The van der Waals surface area contributed by atoms with Crippen molar-refractivity contribution in [2.45, 2.75) is 45.3 Å². The number of ether oxygens (including phenoxy) is 1. The van der Waals surface area contributed by atoms with E-state index in [0.29, 0.717) is 50.6 Å². The molecule has 0 aliphatic carbocycles. The van der Waals surface area contributed by atoms with E-state index in [1.54, 1.807) is 29.2 Å². The van der Waals surface area contributed by atoms with Crippen LogP contribution in [0.2, 0.25) is 0 Å². The molecule has 2 fully saturated rings. The minimum atomic E-state index is -0.409. The van der Waals surface area contributed by atoms with Gasteiger partial charge in [-0.3, -0.25) is 19.3 Å². The quantitative estimate of drug-likeness (QED) is 0.759. The van der Waals surface area contributed by atoms with Crippen molar-refractivity contribution in [3.05, 3.63) is 29.8 Å². The van der Waals surface area contributed by atoms with E-state index in [1.165, 1.54) is 0 Å². The standard InChI is InChI=1S/C22H32N4O4/c1-22(2,3)24-19(27)15-25-9-11-26(12-10-25)21(29)16-6-4-7-17(14-16)23-20(28)18-8-5-13-30-18/h4,6-7,14,18H,5,8-13,15H2,1-3H3,(H,23,28)(H,24,27)/t18-/m0/s1. The molecule has 164 valence electrons. The van der Waals surface area contributed by atoms with Gasteiger partial charge in [0.05, 0.1) is 6.54 Å². The predicted octanol–water partition coefficient (Wildman–Crippen LogP) is 1.48. The molecule has 2 aliphatic rings. The molecule has 0 unspecified atom stereocenters. The van der Waals surface area contributed by atoms with E-state index < -0.39 is 6.10 Å². The lowest BCUT2D eigenvalue weighted by atomic mass is 10.1. The van der Waals surface area contributed by atoms with Crippen LogP contribution in [0, 0.1) is 0 Å². The Labute approximate surface area is 177 Å². The maximum absolute atomic E-state index is 12.9. The van der Waals surface area contributed by atoms with Gasteiger partial charge < -0.3 is 20.3 Å². The van der Waals surface area contributed by atoms with Crippen LogP contribution in [0.4, 0.5) is 5.69 Å². The molecule has 0 bridgehead atoms. The van der Waals surface area contributed by atoms with Gasteiger partial charge in [0, 0.05) is 49.6 Å². The Bertz CT molecular complexity index is 776. The topological polar surface area (TPSA) is 91.0 Å². The number of hydrogen-bond donors (Lipinski definition) is 2. The number of carbonyl (C=O) groups excluding carboxylic acids is 3. The third kappa shape index (κ3) is 6.27. The van der Waals surface area contributed by atoms with E-state index in [-0.39, 0.29) is 23.3 Å². The Morgan fingerprint density at radius 3 is 2.50 bits per heavy atom. The summed E-state index contributed by atoms with van der Waals surface area (Å²) in [6.07, 6.45) is 1.20. The molecule has 0 aromatic heterocycles. The van der Waals surface area contributed by atoms with E-state index in [9.17, 15) is 14.4 Å². The van der Waals surface area contributed by atoms with Gasteiger partial charge in [0.2, 0.25) is 5.91 Å². The Morgan fingerprint density at radius 1 is 1.13 bits per heavy atom. The van der Waals surface area contributed by atoms with Crippen LogP contribution in [0.5, 0.6) is 0 Å². The number of amides is 3. The van der Waals surface area contributed by atoms with E-state index in [4.69, 9.17) is 4.74 Å². The van der Waals surface area contributed by atoms with Crippen molar-refractivity contribution >= 4 is 23.4 Å². The molecule has 1 aromatic rings. The zero-order chi connectivity index (χ0) is 21.7. The van der Waals surface area contributed by atoms with Crippen LogP contribution in [-0.4, -0.2) is 78.5 Å². The lowest BCUT2D eigenvalue weighted by Gasteiger charge is -2.35. The first-order valence-corrected chi connectivity index (χ1v) is 10.6. The molecule has 2 N–H and O–H groups in total. The van der Waals surface area contributed by atoms with Gasteiger partial charge >= 0.3 is 0 Å². The lowest BCUT2D eigenvalue weighted by molar-refractivity contribution is -0.125. The molecule has 0 radical (unpaired) electrons. The number of carbonyl (C=O) groups is 3. The number of benzene rings is 1. The summed E-state index contributed by atoms with van der Waals surface area (Å²) in [6.45, 7) is 9.25. The van der Waals surface area contributed by atoms with Gasteiger partial charge in [0.15, 0.2) is 0 Å². The summed E-state index contributed by atoms with van der Waals surface area (Å²) in [5.41, 5.74) is 0.886. The molecule has 0 saturated carbocycles. The van der Waals surface area contributed by atoms with Crippen molar-refractivity contribution in [1.82, 2.24) is 15.1 Å². The number of nitrogens with zero attached hydrogens (tertiary/aromatic N) is 2. The second-order valence-corrected chi connectivity index (χ2v) is 8.94. The highest BCUT2D eigenvalue weighted by atomic mass is 16.5. The van der Waals surface area contributed by atoms with Gasteiger partial charge in [0.25, 0.3) is 11.8 Å². The first-order valence-electron chi connectivity index (χ1n) is 10.6. The van der Waals surface area contributed by atoms with E-state index in [0.717, 1.165) is 12.8 Å². The summed E-state index contributed by atoms with van der Waals surface area (Å²) in [5.74, 6) is -0.238. The molecule has 2 aliphatic heterocycles. The first-order chi connectivity index (χ1) is 14.2. The molecule has 8 heteroatoms. The highest BCUT2D eigenvalue weighted by Gasteiger charge is 2.26. The Balaban J connectivity index is 1.51. The molecule has 3 amide bonds. The highest BCUT2D eigenvalue weighted by Crippen LogP contribution is 2.17. The number of nitrogens with one attached hydrogen (secondary N) is 2. The van der Waals surface area contributed by atoms with Crippen molar-refractivity contribution in [3.8, 4) is 0 Å². The fraction of sp³-hybridized carbons (Fsp3) is 0.591. The van der Waals surface area contributed by atoms with Crippen molar-refractivity contribution < 1.29 is 19.1 Å². The fourth-order valence-electron chi connectivity index (χ4n) is 3.69. The number of rotatable bonds is 5. The van der Waals surface area contributed by atoms with Crippen LogP contribution >= 0.6 is 0 Å². The van der Waals surface area contributed by atoms with Crippen LogP contribution in [0.25, 0.3) is 0 Å². The van der Waals surface area contributed by atoms with Crippen molar-refractivity contribution in [2.75, 3.05) is 44.6 Å². The summed E-state index contributed by atoms with van der Waals surface area (Å²) in [5, 5.41) is 5.81. The zero-order valence-electron chi connectivity index (χ0n) is 18.1. The van der Waals surface area contributed by atoms with E-state index >= 15 is 0 Å². The summed E-state index contributed by atoms with van der Waals surface area (Å²) < 4.78 is 5.40. The highest BCUT2D eigenvalue weighted by molar-refractivity contribution is 5.98. The maximum Gasteiger partial charge on any atom is 0.254 e. The summed E-state index contributed by atoms with van der Waals surface area (Å²) in [6, 6.07) is 7.01. The van der Waals surface area contributed by atoms with Gasteiger partial charge in [-0.1, -0.05) is 6.07 Å². The number of anilines is 1. The Hall–Kier alpha value is -2.45. The molecular weight excluding hydrogens is 384 g/mol. The van der Waals surface area contributed by atoms with E-state index in [2.05, 4.69) is 15.5 Å². The second kappa shape index (κ2) is 9.57. The molecule has 3 rings (SSSR count). The molecule has 1 aromatic carbocycles. The van der Waals surface area contributed by atoms with Crippen LogP contribution < -0.4 is 10.6 Å². The molecule has 30 heavy (non-hydrogen) atoms. The number of piperazine rings is 1. The van der Waals surface area contributed by atoms with Gasteiger partial charge in [-0.15, -0.1) is 0 Å². The van der Waals surface area contributed by atoms with Crippen LogP contribution in [0.1, 0.15) is 44.0 Å². The summed E-state index contributed by atoms with van der Waals surface area (Å²) in [7, 11) is 0. The maximum atomic E-state index is 12.9. The fourth-order valence-corrected chi connectivity index (χ4v) is 3.69. The molecule has 0 spiro atoms. The smallest absolute Gasteiger partial charge is 0.254 e. The van der Waals surface area contributed by atoms with Crippen molar-refractivity contribution in [2.24, 2.45) is 0 Å². The largest absolute Gasteiger partial charge is 0.368 e. The zero-order valence-corrected chi connectivity index (χ0v) is 18.1. The Kier molecular flexibility index (Phi) is 7.10. The normalized spacial score (nSPS) is 20.1. The molecule has 2 saturated heterocycles. The second-order valence-electron chi connectivity index (χ2n) is 8.94. The monoisotopic (exact) mass is 416 g/mol. The lowest BCUT2D eigenvalue weighted by Crippen LogP contribution is -2.52. The molecular formula is C22H32N4O4. The average molecular weight is 417 g/mol. The van der Waals surface area contributed by atoms with Crippen molar-refractivity contribution in [3.63, 3.8) is 0 Å². The van der Waals surface area contributed by atoms with Crippen LogP contribution in [0.3, 0.4) is 0 Å². The molecule has 2 heterocycles. The predicted molar refractivity (Wildman–Crippen MR) is 114 cm³/mol. The van der Waals surface area contributed by atoms with Crippen molar-refractivity contribution in [1.29, 1.82) is 0 Å². The molecule has 1 atom stereocenters. The number of hydrogen-bond acceptors (Lipinski definition) is 5. The van der Waals surface area contributed by atoms with Gasteiger partial charge in [-0.05, 0) is 51.8 Å². The van der Waals surface area contributed by atoms with Gasteiger partial charge in [-0.2, -0.15) is 0 Å². The van der Waals surface area contributed by atoms with E-state index in [1.807, 2.05) is 20.8 Å². The average Bonchev–Trinajstić information content (AvgIpc) is 3.22. The SMILES string of the molecule is CC(C)(C)NC(=O)CN1CCN(C(=O)c2cccc(NC(=O)[C@@H]3CCCO3)c2)CC1. The minimum Gasteiger partial charge on any atom is -0.368 e.